The van der Waals surface area contributed by atoms with Crippen LogP contribution in [0.3, 0.4) is 0 Å². The van der Waals surface area contributed by atoms with Gasteiger partial charge in [0, 0.05) is 33.6 Å². The van der Waals surface area contributed by atoms with Crippen molar-refractivity contribution in [3.8, 4) is 38.4 Å². The summed E-state index contributed by atoms with van der Waals surface area (Å²) in [4.78, 5) is 34.0. The fourth-order valence-corrected chi connectivity index (χ4v) is 7.80. The van der Waals surface area contributed by atoms with Crippen molar-refractivity contribution in [1.29, 1.82) is 0 Å². The van der Waals surface area contributed by atoms with Crippen molar-refractivity contribution >= 4 is 66.3 Å². The monoisotopic (exact) mass is 886 g/mol. The SMILES string of the molecule is Cc1ccc2nc(-c3ccc(NC(=O)c4ccc(OCC(F)(F)F)cc4)cc3)sc2c1.O=C(Nc1ccc(-c2nc3ccc(O)cc3s2)cc1)c1ccc(OCC(F)(F)F)cc1. The zero-order valence-electron chi connectivity index (χ0n) is 32.2. The van der Waals surface area contributed by atoms with Crippen LogP contribution in [0.2, 0.25) is 0 Å². The van der Waals surface area contributed by atoms with E-state index in [1.54, 1.807) is 53.8 Å². The van der Waals surface area contributed by atoms with Gasteiger partial charge in [-0.15, -0.1) is 22.7 Å². The number of alkyl halides is 6. The third kappa shape index (κ3) is 11.6. The summed E-state index contributed by atoms with van der Waals surface area (Å²) < 4.78 is 84.5. The van der Waals surface area contributed by atoms with E-state index in [-0.39, 0.29) is 28.7 Å². The molecule has 0 unspecified atom stereocenters. The molecule has 2 heterocycles. The average molecular weight is 887 g/mol. The van der Waals surface area contributed by atoms with Crippen molar-refractivity contribution in [3.05, 3.63) is 150 Å². The molecule has 0 bridgehead atoms. The quantitative estimate of drug-likeness (QED) is 0.117. The molecule has 0 spiro atoms. The highest BCUT2D eigenvalue weighted by molar-refractivity contribution is 7.22. The Bertz CT molecular complexity index is 2630. The van der Waals surface area contributed by atoms with Crippen molar-refractivity contribution < 1.29 is 50.5 Å². The molecule has 0 atom stereocenters. The number of ether oxygens (including phenoxy) is 2. The Hall–Kier alpha value is -6.98. The smallest absolute Gasteiger partial charge is 0.422 e. The molecule has 0 aliphatic heterocycles. The lowest BCUT2D eigenvalue weighted by Gasteiger charge is -2.10. The number of nitrogens with one attached hydrogen (secondary N) is 2. The number of aromatic nitrogens is 2. The van der Waals surface area contributed by atoms with Gasteiger partial charge in [0.1, 0.15) is 27.3 Å². The van der Waals surface area contributed by atoms with E-state index in [0.717, 1.165) is 41.6 Å². The number of hydrogen-bond donors (Lipinski definition) is 3. The summed E-state index contributed by atoms with van der Waals surface area (Å²) in [7, 11) is 0. The molecule has 8 aromatic rings. The lowest BCUT2D eigenvalue weighted by atomic mass is 10.2. The molecule has 0 aliphatic carbocycles. The first kappa shape index (κ1) is 43.1. The first-order chi connectivity index (χ1) is 29.5. The van der Waals surface area contributed by atoms with Crippen molar-refractivity contribution in [1.82, 2.24) is 9.97 Å². The number of carbonyl (C=O) groups is 2. The van der Waals surface area contributed by atoms with Crippen molar-refractivity contribution in [2.75, 3.05) is 23.8 Å². The number of thiazole rings is 2. The maximum absolute atomic E-state index is 12.4. The van der Waals surface area contributed by atoms with E-state index in [4.69, 9.17) is 0 Å². The van der Waals surface area contributed by atoms with E-state index < -0.39 is 31.5 Å². The lowest BCUT2D eigenvalue weighted by Crippen LogP contribution is -2.19. The Morgan fingerprint density at radius 3 is 1.39 bits per heavy atom. The van der Waals surface area contributed by atoms with Crippen LogP contribution in [0, 0.1) is 6.92 Å². The number of aromatic hydroxyl groups is 1. The van der Waals surface area contributed by atoms with Gasteiger partial charge in [-0.3, -0.25) is 9.59 Å². The highest BCUT2D eigenvalue weighted by Crippen LogP contribution is 2.34. The summed E-state index contributed by atoms with van der Waals surface area (Å²) in [6, 6.07) is 36.5. The molecule has 8 rings (SSSR count). The van der Waals surface area contributed by atoms with E-state index in [1.165, 1.54) is 65.4 Å². The van der Waals surface area contributed by atoms with E-state index in [0.29, 0.717) is 16.9 Å². The highest BCUT2D eigenvalue weighted by Gasteiger charge is 2.29. The van der Waals surface area contributed by atoms with Crippen LogP contribution in [0.5, 0.6) is 17.2 Å². The number of nitrogens with zero attached hydrogens (tertiary/aromatic N) is 2. The maximum atomic E-state index is 12.4. The molecule has 2 amide bonds. The maximum Gasteiger partial charge on any atom is 0.422 e. The first-order valence-electron chi connectivity index (χ1n) is 18.4. The molecule has 9 nitrogen and oxygen atoms in total. The molecule has 0 saturated carbocycles. The minimum absolute atomic E-state index is 0.0300. The second-order valence-corrected chi connectivity index (χ2v) is 15.6. The predicted octanol–water partition coefficient (Wildman–Crippen LogP) is 12.3. The molecule has 3 N–H and O–H groups in total. The van der Waals surface area contributed by atoms with Crippen LogP contribution < -0.4 is 20.1 Å². The first-order valence-corrected chi connectivity index (χ1v) is 20.1. The number of fused-ring (bicyclic) bond motifs is 2. The number of rotatable bonds is 10. The summed E-state index contributed by atoms with van der Waals surface area (Å²) in [6.07, 6.45) is -8.83. The van der Waals surface area contributed by atoms with Crippen LogP contribution in [0.25, 0.3) is 41.6 Å². The van der Waals surface area contributed by atoms with Gasteiger partial charge in [0.15, 0.2) is 13.2 Å². The summed E-state index contributed by atoms with van der Waals surface area (Å²) in [6.45, 7) is -0.723. The second kappa shape index (κ2) is 18.3. The Labute approximate surface area is 357 Å². The van der Waals surface area contributed by atoms with Crippen LogP contribution in [0.15, 0.2) is 133 Å². The number of carbonyl (C=O) groups excluding carboxylic acids is 2. The normalized spacial score (nSPS) is 11.5. The molecule has 0 aliphatic rings. The van der Waals surface area contributed by atoms with Gasteiger partial charge in [0.05, 0.1) is 20.4 Å². The molecule has 316 valence electrons. The van der Waals surface area contributed by atoms with E-state index in [1.807, 2.05) is 43.3 Å². The number of halogens is 6. The molecule has 0 fully saturated rings. The van der Waals surface area contributed by atoms with E-state index >= 15 is 0 Å². The van der Waals surface area contributed by atoms with Gasteiger partial charge < -0.3 is 25.2 Å². The number of anilines is 2. The second-order valence-electron chi connectivity index (χ2n) is 13.6. The summed E-state index contributed by atoms with van der Waals surface area (Å²) in [5.74, 6) is -0.511. The summed E-state index contributed by atoms with van der Waals surface area (Å²) >= 11 is 3.05. The summed E-state index contributed by atoms with van der Waals surface area (Å²) in [5, 5.41) is 16.8. The number of phenols is 1. The van der Waals surface area contributed by atoms with Gasteiger partial charge >= 0.3 is 12.4 Å². The van der Waals surface area contributed by atoms with Gasteiger partial charge in [-0.2, -0.15) is 26.3 Å². The molecule has 17 heteroatoms. The predicted molar refractivity (Wildman–Crippen MR) is 228 cm³/mol. The molecule has 62 heavy (non-hydrogen) atoms. The molecule has 0 radical (unpaired) electrons. The van der Waals surface area contributed by atoms with Gasteiger partial charge in [0.2, 0.25) is 0 Å². The Balaban J connectivity index is 0.000000186. The van der Waals surface area contributed by atoms with Crippen LogP contribution in [0.4, 0.5) is 37.7 Å². The van der Waals surface area contributed by atoms with Gasteiger partial charge in [-0.1, -0.05) is 6.07 Å². The van der Waals surface area contributed by atoms with Crippen LogP contribution in [0.1, 0.15) is 26.3 Å². The highest BCUT2D eigenvalue weighted by atomic mass is 32.1. The van der Waals surface area contributed by atoms with Crippen LogP contribution in [-0.2, 0) is 0 Å². The van der Waals surface area contributed by atoms with Crippen molar-refractivity contribution in [2.24, 2.45) is 0 Å². The van der Waals surface area contributed by atoms with Crippen LogP contribution >= 0.6 is 22.7 Å². The minimum atomic E-state index is -4.42. The van der Waals surface area contributed by atoms with Crippen molar-refractivity contribution in [2.45, 2.75) is 19.3 Å². The van der Waals surface area contributed by atoms with Gasteiger partial charge in [-0.25, -0.2) is 9.97 Å². The number of benzene rings is 6. The molecule has 0 saturated heterocycles. The lowest BCUT2D eigenvalue weighted by molar-refractivity contribution is -0.154. The topological polar surface area (TPSA) is 123 Å². The molecule has 6 aromatic carbocycles. The third-order valence-corrected chi connectivity index (χ3v) is 10.9. The van der Waals surface area contributed by atoms with E-state index in [9.17, 15) is 41.0 Å². The zero-order valence-corrected chi connectivity index (χ0v) is 33.8. The van der Waals surface area contributed by atoms with Gasteiger partial charge in [-0.05, 0) is 140 Å². The number of amides is 2. The van der Waals surface area contributed by atoms with E-state index in [2.05, 4.69) is 36.1 Å². The fourth-order valence-electron chi connectivity index (χ4n) is 5.73. The number of aryl methyl sites for hydroxylation is 1. The molecule has 2 aromatic heterocycles. The van der Waals surface area contributed by atoms with Gasteiger partial charge in [0.25, 0.3) is 11.8 Å². The van der Waals surface area contributed by atoms with Crippen molar-refractivity contribution in [3.63, 3.8) is 0 Å². The Morgan fingerprint density at radius 2 is 0.968 bits per heavy atom. The van der Waals surface area contributed by atoms with Crippen LogP contribution in [-0.4, -0.2) is 52.5 Å². The zero-order chi connectivity index (χ0) is 44.0. The fraction of sp³-hybridized carbons (Fsp3) is 0.111. The Kier molecular flexibility index (Phi) is 12.7. The number of phenolic OH excluding ortho intramolecular Hbond substituents is 1. The largest absolute Gasteiger partial charge is 0.508 e. The third-order valence-electron chi connectivity index (χ3n) is 8.73. The average Bonchev–Trinajstić information content (AvgIpc) is 3.87. The molecular weight excluding hydrogens is 855 g/mol. The Morgan fingerprint density at radius 1 is 0.565 bits per heavy atom. The standard InChI is InChI=1S/C23H17F3N2O2S.C22H15F3N2O3S/c1-14-2-11-19-20(12-14)31-22(28-19)16-3-7-17(8-4-16)27-21(29)15-5-9-18(10-6-15)30-13-23(24,25)26;23-22(24,25)12-30-17-8-3-13(4-9-17)20(29)26-15-5-1-14(2-6-15)21-27-18-10-7-16(28)11-19(18)31-21/h2-12H,13H2,1H3,(H,27,29);1-11,28H,12H2,(H,26,29). The molecular formula is C45H32F6N4O5S2. The number of hydrogen-bond acceptors (Lipinski definition) is 9. The summed E-state index contributed by atoms with van der Waals surface area (Å²) in [5.41, 5.74) is 6.49. The minimum Gasteiger partial charge on any atom is -0.508 e.